The highest BCUT2D eigenvalue weighted by atomic mass is 15.1. The van der Waals surface area contributed by atoms with Gasteiger partial charge in [0.05, 0.1) is 0 Å². The molecule has 0 atom stereocenters. The van der Waals surface area contributed by atoms with E-state index in [1.807, 2.05) is 18.5 Å². The molecule has 2 rings (SSSR count). The normalized spacial score (nSPS) is 19.3. The van der Waals surface area contributed by atoms with Crippen molar-refractivity contribution in [3.8, 4) is 0 Å². The highest BCUT2D eigenvalue weighted by Gasteiger charge is 2.21. The molecule has 1 aliphatic rings. The van der Waals surface area contributed by atoms with E-state index in [1.165, 1.54) is 38.9 Å². The summed E-state index contributed by atoms with van der Waals surface area (Å²) in [6.07, 6.45) is 7.38. The van der Waals surface area contributed by atoms with Gasteiger partial charge in [0.1, 0.15) is 5.82 Å². The van der Waals surface area contributed by atoms with E-state index in [9.17, 15) is 0 Å². The molecule has 2 heterocycles. The van der Waals surface area contributed by atoms with Gasteiger partial charge in [-0.05, 0) is 45.0 Å². The minimum Gasteiger partial charge on any atom is -0.303 e. The number of hydrogen-bond donors (Lipinski definition) is 0. The molecule has 0 saturated carbocycles. The summed E-state index contributed by atoms with van der Waals surface area (Å²) in [6, 6.07) is 1.88. The van der Waals surface area contributed by atoms with Gasteiger partial charge < -0.3 is 4.90 Å². The summed E-state index contributed by atoms with van der Waals surface area (Å²) in [6.45, 7) is 5.89. The Morgan fingerprint density at radius 1 is 1.27 bits per heavy atom. The molecule has 3 nitrogen and oxygen atoms in total. The van der Waals surface area contributed by atoms with Gasteiger partial charge in [0.15, 0.2) is 0 Å². The van der Waals surface area contributed by atoms with E-state index in [1.54, 1.807) is 0 Å². The third-order valence-corrected chi connectivity index (χ3v) is 3.08. The second-order valence-electron chi connectivity index (χ2n) is 4.22. The summed E-state index contributed by atoms with van der Waals surface area (Å²) in [5.41, 5.74) is 0. The van der Waals surface area contributed by atoms with Crippen molar-refractivity contribution in [3.05, 3.63) is 24.3 Å². The highest BCUT2D eigenvalue weighted by molar-refractivity contribution is 4.99. The maximum atomic E-state index is 4.34. The molecule has 0 radical (unpaired) electrons. The fourth-order valence-corrected chi connectivity index (χ4v) is 2.25. The average Bonchev–Trinajstić information content (AvgIpc) is 2.32. The average molecular weight is 205 g/mol. The fourth-order valence-electron chi connectivity index (χ4n) is 2.25. The highest BCUT2D eigenvalue weighted by Crippen LogP contribution is 2.24. The number of aromatic nitrogens is 2. The SMILES string of the molecule is CCCN1CCC(c2ncccn2)CC1. The topological polar surface area (TPSA) is 29.0 Å². The van der Waals surface area contributed by atoms with Gasteiger partial charge in [-0.1, -0.05) is 6.92 Å². The number of hydrogen-bond acceptors (Lipinski definition) is 3. The first kappa shape index (κ1) is 10.6. The molecule has 0 unspecified atom stereocenters. The quantitative estimate of drug-likeness (QED) is 0.756. The van der Waals surface area contributed by atoms with E-state index in [0.29, 0.717) is 5.92 Å². The Bertz CT molecular complexity index is 278. The Labute approximate surface area is 91.5 Å². The van der Waals surface area contributed by atoms with Crippen LogP contribution >= 0.6 is 0 Å². The first-order valence-electron chi connectivity index (χ1n) is 5.89. The molecule has 0 aromatic carbocycles. The number of rotatable bonds is 3. The lowest BCUT2D eigenvalue weighted by atomic mass is 9.96. The third kappa shape index (κ3) is 2.75. The minimum absolute atomic E-state index is 0.583. The number of likely N-dealkylation sites (tertiary alicyclic amines) is 1. The van der Waals surface area contributed by atoms with Crippen molar-refractivity contribution in [3.63, 3.8) is 0 Å². The zero-order valence-electron chi connectivity index (χ0n) is 9.39. The van der Waals surface area contributed by atoms with E-state index in [2.05, 4.69) is 21.8 Å². The van der Waals surface area contributed by atoms with Gasteiger partial charge >= 0.3 is 0 Å². The van der Waals surface area contributed by atoms with Crippen LogP contribution in [0.5, 0.6) is 0 Å². The second kappa shape index (κ2) is 5.21. The molecule has 1 aliphatic heterocycles. The standard InChI is InChI=1S/C12H19N3/c1-2-8-15-9-4-11(5-10-15)12-13-6-3-7-14-12/h3,6-7,11H,2,4-5,8-10H2,1H3. The van der Waals surface area contributed by atoms with Gasteiger partial charge in [-0.15, -0.1) is 0 Å². The van der Waals surface area contributed by atoms with Crippen LogP contribution in [0.4, 0.5) is 0 Å². The van der Waals surface area contributed by atoms with Crippen LogP contribution in [0, 0.1) is 0 Å². The molecular weight excluding hydrogens is 186 g/mol. The minimum atomic E-state index is 0.583. The molecule has 1 saturated heterocycles. The first-order valence-corrected chi connectivity index (χ1v) is 5.89. The maximum Gasteiger partial charge on any atom is 0.131 e. The van der Waals surface area contributed by atoms with Gasteiger partial charge in [-0.3, -0.25) is 0 Å². The smallest absolute Gasteiger partial charge is 0.131 e. The van der Waals surface area contributed by atoms with Crippen LogP contribution in [0.1, 0.15) is 37.9 Å². The Morgan fingerprint density at radius 3 is 2.53 bits per heavy atom. The Morgan fingerprint density at radius 2 is 1.93 bits per heavy atom. The Hall–Kier alpha value is -0.960. The molecule has 0 N–H and O–H groups in total. The van der Waals surface area contributed by atoms with Crippen LogP contribution in [0.15, 0.2) is 18.5 Å². The van der Waals surface area contributed by atoms with Crippen LogP contribution in [-0.4, -0.2) is 34.5 Å². The van der Waals surface area contributed by atoms with Gasteiger partial charge in [-0.2, -0.15) is 0 Å². The summed E-state index contributed by atoms with van der Waals surface area (Å²) in [7, 11) is 0. The van der Waals surface area contributed by atoms with E-state index in [4.69, 9.17) is 0 Å². The van der Waals surface area contributed by atoms with E-state index in [-0.39, 0.29) is 0 Å². The first-order chi connectivity index (χ1) is 7.40. The van der Waals surface area contributed by atoms with E-state index in [0.717, 1.165) is 5.82 Å². The summed E-state index contributed by atoms with van der Waals surface area (Å²) in [4.78, 5) is 11.2. The monoisotopic (exact) mass is 205 g/mol. The van der Waals surface area contributed by atoms with Crippen molar-refractivity contribution < 1.29 is 0 Å². The van der Waals surface area contributed by atoms with Crippen LogP contribution in [0.25, 0.3) is 0 Å². The molecule has 0 aliphatic carbocycles. The van der Waals surface area contributed by atoms with Gasteiger partial charge in [0.2, 0.25) is 0 Å². The summed E-state index contributed by atoms with van der Waals surface area (Å²) in [5, 5.41) is 0. The van der Waals surface area contributed by atoms with Crippen molar-refractivity contribution >= 4 is 0 Å². The Balaban J connectivity index is 1.88. The molecule has 1 fully saturated rings. The van der Waals surface area contributed by atoms with Crippen molar-refractivity contribution in [2.24, 2.45) is 0 Å². The van der Waals surface area contributed by atoms with Crippen LogP contribution in [-0.2, 0) is 0 Å². The number of nitrogens with zero attached hydrogens (tertiary/aromatic N) is 3. The summed E-state index contributed by atoms with van der Waals surface area (Å²) in [5.74, 6) is 1.62. The lowest BCUT2D eigenvalue weighted by Crippen LogP contribution is -2.33. The molecule has 15 heavy (non-hydrogen) atoms. The molecule has 1 aromatic heterocycles. The largest absolute Gasteiger partial charge is 0.303 e. The zero-order valence-corrected chi connectivity index (χ0v) is 9.39. The lowest BCUT2D eigenvalue weighted by molar-refractivity contribution is 0.209. The summed E-state index contributed by atoms with van der Waals surface area (Å²) >= 11 is 0. The predicted octanol–water partition coefficient (Wildman–Crippen LogP) is 2.07. The van der Waals surface area contributed by atoms with E-state index >= 15 is 0 Å². The molecule has 82 valence electrons. The Kier molecular flexibility index (Phi) is 3.67. The zero-order chi connectivity index (χ0) is 10.5. The van der Waals surface area contributed by atoms with Crippen LogP contribution in [0.2, 0.25) is 0 Å². The van der Waals surface area contributed by atoms with Crippen molar-refractivity contribution in [2.75, 3.05) is 19.6 Å². The second-order valence-corrected chi connectivity index (χ2v) is 4.22. The fraction of sp³-hybridized carbons (Fsp3) is 0.667. The molecule has 3 heteroatoms. The van der Waals surface area contributed by atoms with Gasteiger partial charge in [-0.25, -0.2) is 9.97 Å². The maximum absolute atomic E-state index is 4.34. The van der Waals surface area contributed by atoms with Gasteiger partial charge in [0, 0.05) is 18.3 Å². The third-order valence-electron chi connectivity index (χ3n) is 3.08. The molecule has 0 bridgehead atoms. The molecular formula is C12H19N3. The van der Waals surface area contributed by atoms with Crippen LogP contribution in [0.3, 0.4) is 0 Å². The van der Waals surface area contributed by atoms with Crippen molar-refractivity contribution in [2.45, 2.75) is 32.1 Å². The van der Waals surface area contributed by atoms with Gasteiger partial charge in [0.25, 0.3) is 0 Å². The predicted molar refractivity (Wildman–Crippen MR) is 60.7 cm³/mol. The van der Waals surface area contributed by atoms with Crippen molar-refractivity contribution in [1.82, 2.24) is 14.9 Å². The number of piperidine rings is 1. The molecule has 1 aromatic rings. The van der Waals surface area contributed by atoms with Crippen molar-refractivity contribution in [1.29, 1.82) is 0 Å². The summed E-state index contributed by atoms with van der Waals surface area (Å²) < 4.78 is 0. The van der Waals surface area contributed by atoms with E-state index < -0.39 is 0 Å². The lowest BCUT2D eigenvalue weighted by Gasteiger charge is -2.30. The van der Waals surface area contributed by atoms with Crippen LogP contribution < -0.4 is 0 Å². The molecule has 0 spiro atoms. The molecule has 0 amide bonds.